The second-order valence-corrected chi connectivity index (χ2v) is 8.51. The van der Waals surface area contributed by atoms with Gasteiger partial charge in [0.25, 0.3) is 0 Å². The van der Waals surface area contributed by atoms with Crippen LogP contribution in [0.5, 0.6) is 0 Å². The number of benzene rings is 1. The Hall–Kier alpha value is 0.170. The Kier molecular flexibility index (Phi) is 7.09. The zero-order valence-electron chi connectivity index (χ0n) is 12.3. The monoisotopic (exact) mass is 329 g/mol. The average Bonchev–Trinajstić information content (AvgIpc) is 2.46. The first kappa shape index (κ1) is 16.5. The van der Waals surface area contributed by atoms with E-state index in [9.17, 15) is 0 Å². The third-order valence-corrected chi connectivity index (χ3v) is 7.16. The fraction of sp³-hybridized carbons (Fsp3) is 0.625. The molecule has 1 nitrogen and oxygen atoms in total. The highest BCUT2D eigenvalue weighted by Gasteiger charge is 2.29. The molecule has 0 spiro atoms. The molecule has 2 rings (SSSR count). The Balaban J connectivity index is 2.03. The second-order valence-electron chi connectivity index (χ2n) is 5.30. The molecule has 1 N–H and O–H groups in total. The minimum absolute atomic E-state index is 0.559. The van der Waals surface area contributed by atoms with E-state index in [1.165, 1.54) is 23.5 Å². The van der Waals surface area contributed by atoms with E-state index in [-0.39, 0.29) is 0 Å². The van der Waals surface area contributed by atoms with E-state index in [0.717, 1.165) is 23.2 Å². The normalized spacial score (nSPS) is 24.6. The molecule has 1 aromatic rings. The lowest BCUT2D eigenvalue weighted by molar-refractivity contribution is 0.486. The standard InChI is InChI=1S/C16H24ClNS2/c1-3-8-18-15(16-12(2)19-9-10-20-16)11-13-4-6-14(17)7-5-13/h4-7,12,15-16,18H,3,8-11H2,1-2H3. The summed E-state index contributed by atoms with van der Waals surface area (Å²) in [6.45, 7) is 5.72. The van der Waals surface area contributed by atoms with Crippen molar-refractivity contribution in [1.82, 2.24) is 5.32 Å². The van der Waals surface area contributed by atoms with Crippen LogP contribution in [0.4, 0.5) is 0 Å². The zero-order chi connectivity index (χ0) is 14.4. The van der Waals surface area contributed by atoms with E-state index in [1.54, 1.807) is 0 Å². The van der Waals surface area contributed by atoms with E-state index in [2.05, 4.69) is 54.8 Å². The molecule has 1 aliphatic rings. The van der Waals surface area contributed by atoms with Crippen LogP contribution in [-0.2, 0) is 6.42 Å². The van der Waals surface area contributed by atoms with Crippen molar-refractivity contribution in [2.75, 3.05) is 18.1 Å². The Bertz CT molecular complexity index is 396. The lowest BCUT2D eigenvalue weighted by Gasteiger charge is -2.35. The third-order valence-electron chi connectivity index (χ3n) is 3.66. The molecule has 1 fully saturated rings. The van der Waals surface area contributed by atoms with Crippen LogP contribution in [0.15, 0.2) is 24.3 Å². The molecule has 1 heterocycles. The lowest BCUT2D eigenvalue weighted by atomic mass is 10.0. The van der Waals surface area contributed by atoms with Crippen molar-refractivity contribution in [3.8, 4) is 0 Å². The van der Waals surface area contributed by atoms with Gasteiger partial charge in [-0.1, -0.05) is 37.6 Å². The van der Waals surface area contributed by atoms with Gasteiger partial charge in [-0.25, -0.2) is 0 Å². The van der Waals surface area contributed by atoms with Crippen LogP contribution >= 0.6 is 35.1 Å². The molecule has 0 radical (unpaired) electrons. The first-order chi connectivity index (χ1) is 9.70. The summed E-state index contributed by atoms with van der Waals surface area (Å²) in [5.41, 5.74) is 1.38. The number of rotatable bonds is 6. The van der Waals surface area contributed by atoms with Crippen LogP contribution in [0.1, 0.15) is 25.8 Å². The van der Waals surface area contributed by atoms with Gasteiger partial charge in [-0.15, -0.1) is 0 Å². The summed E-state index contributed by atoms with van der Waals surface area (Å²) in [6, 6.07) is 8.88. The summed E-state index contributed by atoms with van der Waals surface area (Å²) < 4.78 is 0. The second kappa shape index (κ2) is 8.57. The molecule has 0 aliphatic carbocycles. The predicted octanol–water partition coefficient (Wildman–Crippen LogP) is 4.49. The minimum atomic E-state index is 0.559. The molecule has 0 saturated carbocycles. The van der Waals surface area contributed by atoms with Gasteiger partial charge >= 0.3 is 0 Å². The Morgan fingerprint density at radius 2 is 1.95 bits per heavy atom. The van der Waals surface area contributed by atoms with E-state index < -0.39 is 0 Å². The third kappa shape index (κ3) is 4.87. The van der Waals surface area contributed by atoms with Crippen LogP contribution < -0.4 is 5.32 Å². The molecule has 1 aromatic carbocycles. The Labute approximate surface area is 136 Å². The van der Waals surface area contributed by atoms with Crippen molar-refractivity contribution in [2.45, 2.75) is 43.2 Å². The number of halogens is 1. The zero-order valence-corrected chi connectivity index (χ0v) is 14.7. The van der Waals surface area contributed by atoms with E-state index in [4.69, 9.17) is 11.6 Å². The molecule has 0 aromatic heterocycles. The van der Waals surface area contributed by atoms with Gasteiger partial charge < -0.3 is 5.32 Å². The summed E-state index contributed by atoms with van der Waals surface area (Å²) in [7, 11) is 0. The highest BCUT2D eigenvalue weighted by Crippen LogP contribution is 2.34. The van der Waals surface area contributed by atoms with Crippen molar-refractivity contribution >= 4 is 35.1 Å². The SMILES string of the molecule is CCCNC(Cc1ccc(Cl)cc1)C1SCCSC1C. The number of hydrogen-bond acceptors (Lipinski definition) is 3. The van der Waals surface area contributed by atoms with Crippen molar-refractivity contribution in [1.29, 1.82) is 0 Å². The summed E-state index contributed by atoms with van der Waals surface area (Å²) >= 11 is 10.2. The first-order valence-corrected chi connectivity index (χ1v) is 9.89. The first-order valence-electron chi connectivity index (χ1n) is 7.41. The van der Waals surface area contributed by atoms with Crippen molar-refractivity contribution in [3.63, 3.8) is 0 Å². The van der Waals surface area contributed by atoms with Gasteiger partial charge in [-0.05, 0) is 37.1 Å². The van der Waals surface area contributed by atoms with E-state index in [0.29, 0.717) is 11.3 Å². The van der Waals surface area contributed by atoms with Crippen molar-refractivity contribution in [2.24, 2.45) is 0 Å². The van der Waals surface area contributed by atoms with Gasteiger partial charge in [0.15, 0.2) is 0 Å². The average molecular weight is 330 g/mol. The molecule has 1 saturated heterocycles. The van der Waals surface area contributed by atoms with Gasteiger partial charge in [0, 0.05) is 33.1 Å². The highest BCUT2D eigenvalue weighted by atomic mass is 35.5. The Morgan fingerprint density at radius 1 is 1.25 bits per heavy atom. The lowest BCUT2D eigenvalue weighted by Crippen LogP contribution is -2.46. The largest absolute Gasteiger partial charge is 0.313 e. The fourth-order valence-corrected chi connectivity index (χ4v) is 5.69. The quantitative estimate of drug-likeness (QED) is 0.826. The summed E-state index contributed by atoms with van der Waals surface area (Å²) in [5.74, 6) is 2.58. The highest BCUT2D eigenvalue weighted by molar-refractivity contribution is 8.07. The number of nitrogens with one attached hydrogen (secondary N) is 1. The maximum atomic E-state index is 5.98. The van der Waals surface area contributed by atoms with Crippen LogP contribution in [0.3, 0.4) is 0 Å². The maximum Gasteiger partial charge on any atom is 0.0406 e. The van der Waals surface area contributed by atoms with E-state index >= 15 is 0 Å². The van der Waals surface area contributed by atoms with Gasteiger partial charge in [0.05, 0.1) is 0 Å². The summed E-state index contributed by atoms with van der Waals surface area (Å²) in [4.78, 5) is 0. The van der Waals surface area contributed by atoms with Gasteiger partial charge in [-0.2, -0.15) is 23.5 Å². The van der Waals surface area contributed by atoms with Crippen LogP contribution in [0, 0.1) is 0 Å². The molecule has 20 heavy (non-hydrogen) atoms. The molecule has 1 aliphatic heterocycles. The van der Waals surface area contributed by atoms with Crippen LogP contribution in [-0.4, -0.2) is 34.6 Å². The molecule has 3 unspecified atom stereocenters. The van der Waals surface area contributed by atoms with Crippen LogP contribution in [0.25, 0.3) is 0 Å². The topological polar surface area (TPSA) is 12.0 Å². The van der Waals surface area contributed by atoms with Crippen LogP contribution in [0.2, 0.25) is 5.02 Å². The Morgan fingerprint density at radius 3 is 2.60 bits per heavy atom. The van der Waals surface area contributed by atoms with Crippen molar-refractivity contribution in [3.05, 3.63) is 34.9 Å². The summed E-state index contributed by atoms with van der Waals surface area (Å²) in [6.07, 6.45) is 2.29. The molecular weight excluding hydrogens is 306 g/mol. The molecule has 3 atom stereocenters. The number of thioether (sulfide) groups is 2. The predicted molar refractivity (Wildman–Crippen MR) is 95.4 cm³/mol. The molecule has 0 amide bonds. The molecule has 112 valence electrons. The molecule has 0 bridgehead atoms. The van der Waals surface area contributed by atoms with E-state index in [1.807, 2.05) is 12.1 Å². The minimum Gasteiger partial charge on any atom is -0.313 e. The molecular formula is C16H24ClNS2. The van der Waals surface area contributed by atoms with Gasteiger partial charge in [0.2, 0.25) is 0 Å². The van der Waals surface area contributed by atoms with Gasteiger partial charge in [-0.3, -0.25) is 0 Å². The summed E-state index contributed by atoms with van der Waals surface area (Å²) in [5, 5.41) is 6.02. The number of hydrogen-bond donors (Lipinski definition) is 1. The molecule has 4 heteroatoms. The maximum absolute atomic E-state index is 5.98. The smallest absolute Gasteiger partial charge is 0.0406 e. The fourth-order valence-electron chi connectivity index (χ4n) is 2.60. The van der Waals surface area contributed by atoms with Crippen molar-refractivity contribution < 1.29 is 0 Å². The van der Waals surface area contributed by atoms with Gasteiger partial charge in [0.1, 0.15) is 0 Å².